The first-order valence-electron chi connectivity index (χ1n) is 9.38. The van der Waals surface area contributed by atoms with Crippen molar-refractivity contribution in [1.82, 2.24) is 19.5 Å². The summed E-state index contributed by atoms with van der Waals surface area (Å²) < 4.78 is 40.5. The summed E-state index contributed by atoms with van der Waals surface area (Å²) in [5.74, 6) is 0.284. The van der Waals surface area contributed by atoms with Gasteiger partial charge in [-0.2, -0.15) is 0 Å². The predicted molar refractivity (Wildman–Crippen MR) is 108 cm³/mol. The third-order valence-corrected chi connectivity index (χ3v) is 5.24. The van der Waals surface area contributed by atoms with Crippen molar-refractivity contribution in [2.75, 3.05) is 18.9 Å². The maximum absolute atomic E-state index is 12.9. The zero-order valence-corrected chi connectivity index (χ0v) is 18.6. The number of nitrogens with zero attached hydrogens (tertiary/aromatic N) is 4. The smallest absolute Gasteiger partial charge is 0.432 e. The largest absolute Gasteiger partial charge is 0.510 e. The molecule has 2 heterocycles. The standard InChI is InChI=1S/C17H28N5O7P/c1-11(2)28-17(23)25-9-27-30(24,29-12(3)4)10-26-13(5)6-22-8-21-14-15(18)19-7-20-16(14)22/h7-8,11-13H,6,9-10H2,1-5H3,(H2,18,19,20)/t13-,30?/m0/s1. The number of hydrogen-bond acceptors (Lipinski definition) is 11. The van der Waals surface area contributed by atoms with Gasteiger partial charge in [0.2, 0.25) is 6.79 Å². The molecule has 0 spiro atoms. The van der Waals surface area contributed by atoms with Crippen molar-refractivity contribution in [2.45, 2.75) is 59.5 Å². The molecule has 30 heavy (non-hydrogen) atoms. The van der Waals surface area contributed by atoms with E-state index in [0.29, 0.717) is 17.7 Å². The second-order valence-corrected chi connectivity index (χ2v) is 8.96. The van der Waals surface area contributed by atoms with Crippen LogP contribution >= 0.6 is 7.60 Å². The van der Waals surface area contributed by atoms with E-state index < -0.39 is 32.8 Å². The van der Waals surface area contributed by atoms with E-state index in [9.17, 15) is 9.36 Å². The van der Waals surface area contributed by atoms with Gasteiger partial charge in [0.1, 0.15) is 18.2 Å². The van der Waals surface area contributed by atoms with Gasteiger partial charge in [-0.15, -0.1) is 0 Å². The molecule has 2 rings (SSSR count). The highest BCUT2D eigenvalue weighted by atomic mass is 31.2. The number of carbonyl (C=O) groups is 1. The minimum Gasteiger partial charge on any atom is -0.432 e. The van der Waals surface area contributed by atoms with Crippen LogP contribution in [-0.2, 0) is 34.4 Å². The van der Waals surface area contributed by atoms with E-state index in [-0.39, 0.29) is 18.3 Å². The Labute approximate surface area is 174 Å². The Morgan fingerprint density at radius 3 is 2.57 bits per heavy atom. The summed E-state index contributed by atoms with van der Waals surface area (Å²) in [5, 5.41) is 0. The molecule has 0 aliphatic heterocycles. The van der Waals surface area contributed by atoms with Gasteiger partial charge in [-0.3, -0.25) is 9.09 Å². The number of nitrogens with two attached hydrogens (primary N) is 1. The molecular weight excluding hydrogens is 417 g/mol. The Morgan fingerprint density at radius 2 is 1.90 bits per heavy atom. The summed E-state index contributed by atoms with van der Waals surface area (Å²) in [6.45, 7) is 8.32. The van der Waals surface area contributed by atoms with Crippen LogP contribution in [0.3, 0.4) is 0 Å². The second-order valence-electron chi connectivity index (χ2n) is 7.01. The topological polar surface area (TPSA) is 150 Å². The lowest BCUT2D eigenvalue weighted by Gasteiger charge is -2.22. The first-order valence-corrected chi connectivity index (χ1v) is 11.1. The Morgan fingerprint density at radius 1 is 1.17 bits per heavy atom. The van der Waals surface area contributed by atoms with Gasteiger partial charge in [-0.05, 0) is 34.6 Å². The zero-order valence-electron chi connectivity index (χ0n) is 17.7. The molecule has 0 radical (unpaired) electrons. The Bertz CT molecular complexity index is 889. The van der Waals surface area contributed by atoms with Crippen LogP contribution in [0.4, 0.5) is 10.6 Å². The van der Waals surface area contributed by atoms with E-state index in [2.05, 4.69) is 15.0 Å². The molecule has 0 saturated carbocycles. The zero-order chi connectivity index (χ0) is 22.3. The molecule has 12 nitrogen and oxygen atoms in total. The third-order valence-electron chi connectivity index (χ3n) is 3.53. The lowest BCUT2D eigenvalue weighted by molar-refractivity contribution is -0.0199. The minimum atomic E-state index is -3.69. The normalized spacial score (nSPS) is 14.8. The van der Waals surface area contributed by atoms with Gasteiger partial charge in [0, 0.05) is 0 Å². The molecule has 0 aliphatic rings. The lowest BCUT2D eigenvalue weighted by atomic mass is 10.4. The van der Waals surface area contributed by atoms with Crippen molar-refractivity contribution in [3.8, 4) is 0 Å². The van der Waals surface area contributed by atoms with E-state index in [1.165, 1.54) is 6.33 Å². The summed E-state index contributed by atoms with van der Waals surface area (Å²) in [7, 11) is -3.69. The highest BCUT2D eigenvalue weighted by Gasteiger charge is 2.29. The summed E-state index contributed by atoms with van der Waals surface area (Å²) in [6, 6.07) is 0. The van der Waals surface area contributed by atoms with Crippen molar-refractivity contribution < 1.29 is 32.6 Å². The number of aromatic nitrogens is 4. The molecule has 0 fully saturated rings. The first-order chi connectivity index (χ1) is 14.1. The minimum absolute atomic E-state index is 0.284. The molecule has 2 N–H and O–H groups in total. The molecule has 2 aromatic heterocycles. The van der Waals surface area contributed by atoms with Gasteiger partial charge in [-0.1, -0.05) is 0 Å². The van der Waals surface area contributed by atoms with Gasteiger partial charge < -0.3 is 29.0 Å². The average molecular weight is 445 g/mol. The van der Waals surface area contributed by atoms with Crippen LogP contribution < -0.4 is 5.73 Å². The monoisotopic (exact) mass is 445 g/mol. The molecule has 0 aliphatic carbocycles. The molecule has 168 valence electrons. The van der Waals surface area contributed by atoms with E-state index >= 15 is 0 Å². The Balaban J connectivity index is 1.92. The second kappa shape index (κ2) is 10.7. The summed E-state index contributed by atoms with van der Waals surface area (Å²) >= 11 is 0. The number of nitrogen functional groups attached to an aromatic ring is 1. The third kappa shape index (κ3) is 7.21. The number of carbonyl (C=O) groups excluding carboxylic acids is 1. The number of ether oxygens (including phenoxy) is 3. The summed E-state index contributed by atoms with van der Waals surface area (Å²) in [6.07, 6.45) is 0.532. The van der Waals surface area contributed by atoms with Crippen LogP contribution in [-0.4, -0.2) is 57.1 Å². The molecule has 0 amide bonds. The van der Waals surface area contributed by atoms with Crippen molar-refractivity contribution in [1.29, 1.82) is 0 Å². The van der Waals surface area contributed by atoms with Crippen molar-refractivity contribution in [3.05, 3.63) is 12.7 Å². The fourth-order valence-corrected chi connectivity index (χ4v) is 3.87. The quantitative estimate of drug-likeness (QED) is 0.309. The van der Waals surface area contributed by atoms with Crippen LogP contribution in [0, 0.1) is 0 Å². The van der Waals surface area contributed by atoms with Crippen LogP contribution in [0.5, 0.6) is 0 Å². The number of hydrogen-bond donors (Lipinski definition) is 1. The fourth-order valence-electron chi connectivity index (χ4n) is 2.38. The molecular formula is C17H28N5O7P. The van der Waals surface area contributed by atoms with E-state index in [0.717, 1.165) is 0 Å². The SMILES string of the molecule is CC(C)OC(=O)OCOP(=O)(CO[C@@H](C)Cn1cnc2c(N)ncnc21)OC(C)C. The van der Waals surface area contributed by atoms with E-state index in [4.69, 9.17) is 29.0 Å². The molecule has 0 bridgehead atoms. The first kappa shape index (κ1) is 24.0. The number of anilines is 1. The summed E-state index contributed by atoms with van der Waals surface area (Å²) in [4.78, 5) is 23.7. The van der Waals surface area contributed by atoms with Crippen molar-refractivity contribution >= 4 is 30.7 Å². The predicted octanol–water partition coefficient (Wildman–Crippen LogP) is 2.92. The van der Waals surface area contributed by atoms with Crippen LogP contribution in [0.15, 0.2) is 12.7 Å². The summed E-state index contributed by atoms with van der Waals surface area (Å²) in [5.41, 5.74) is 6.84. The molecule has 2 atom stereocenters. The Kier molecular flexibility index (Phi) is 8.54. The van der Waals surface area contributed by atoms with Gasteiger partial charge in [0.25, 0.3) is 0 Å². The van der Waals surface area contributed by atoms with Gasteiger partial charge in [0.05, 0.1) is 31.2 Å². The number of fused-ring (bicyclic) bond motifs is 1. The van der Waals surface area contributed by atoms with Gasteiger partial charge >= 0.3 is 13.8 Å². The highest BCUT2D eigenvalue weighted by molar-refractivity contribution is 7.53. The van der Waals surface area contributed by atoms with Crippen LogP contribution in [0.2, 0.25) is 0 Å². The maximum atomic E-state index is 12.9. The number of rotatable bonds is 11. The maximum Gasteiger partial charge on any atom is 0.510 e. The Hall–Kier alpha value is -2.27. The fraction of sp³-hybridized carbons (Fsp3) is 0.647. The van der Waals surface area contributed by atoms with Crippen molar-refractivity contribution in [3.63, 3.8) is 0 Å². The van der Waals surface area contributed by atoms with E-state index in [1.54, 1.807) is 45.5 Å². The molecule has 0 saturated heterocycles. The molecule has 2 aromatic rings. The molecule has 13 heteroatoms. The molecule has 0 aromatic carbocycles. The van der Waals surface area contributed by atoms with Crippen LogP contribution in [0.1, 0.15) is 34.6 Å². The average Bonchev–Trinajstić information content (AvgIpc) is 3.03. The van der Waals surface area contributed by atoms with Gasteiger partial charge in [0.15, 0.2) is 11.5 Å². The highest BCUT2D eigenvalue weighted by Crippen LogP contribution is 2.49. The van der Waals surface area contributed by atoms with Gasteiger partial charge in [-0.25, -0.2) is 19.7 Å². The van der Waals surface area contributed by atoms with Crippen molar-refractivity contribution in [2.24, 2.45) is 0 Å². The molecule has 1 unspecified atom stereocenters. The lowest BCUT2D eigenvalue weighted by Crippen LogP contribution is -2.20. The van der Waals surface area contributed by atoms with E-state index in [1.807, 2.05) is 0 Å². The number of imidazole rings is 1. The van der Waals surface area contributed by atoms with Crippen LogP contribution in [0.25, 0.3) is 11.2 Å².